The number of rotatable bonds is 2. The normalized spacial score (nSPS) is 9.92. The van der Waals surface area contributed by atoms with Crippen molar-refractivity contribution < 1.29 is 9.13 Å². The Balaban J connectivity index is 0.000000152. The topological polar surface area (TPSA) is 33.5 Å². The van der Waals surface area contributed by atoms with Gasteiger partial charge in [-0.15, -0.1) is 0 Å². The van der Waals surface area contributed by atoms with Gasteiger partial charge in [-0.3, -0.25) is 9.97 Å². The van der Waals surface area contributed by atoms with Crippen LogP contribution in [0, 0.1) is 0 Å². The first-order valence-electron chi connectivity index (χ1n) is 8.46. The van der Waals surface area contributed by atoms with Crippen molar-refractivity contribution in [1.29, 1.82) is 0 Å². The second kappa shape index (κ2) is 8.62. The van der Waals surface area contributed by atoms with Gasteiger partial charge in [-0.2, -0.15) is 0 Å². The van der Waals surface area contributed by atoms with E-state index in [1.165, 1.54) is 11.1 Å². The van der Waals surface area contributed by atoms with Crippen LogP contribution in [0.15, 0.2) is 97.8 Å². The fourth-order valence-electron chi connectivity index (χ4n) is 2.42. The first-order valence-corrected chi connectivity index (χ1v) is 8.46. The molecule has 128 valence electrons. The Morgan fingerprint density at radius 3 is 1.23 bits per heavy atom. The fourth-order valence-corrected chi connectivity index (χ4v) is 2.42. The van der Waals surface area contributed by atoms with Crippen molar-refractivity contribution in [1.82, 2.24) is 9.97 Å². The molecule has 0 aliphatic carbocycles. The Morgan fingerprint density at radius 1 is 0.538 bits per heavy atom. The van der Waals surface area contributed by atoms with Crippen molar-refractivity contribution in [3.8, 4) is 22.5 Å². The van der Waals surface area contributed by atoms with Gasteiger partial charge in [0.2, 0.25) is 0 Å². The average Bonchev–Trinajstić information content (AvgIpc) is 2.71. The van der Waals surface area contributed by atoms with Crippen LogP contribution in [0.2, 0.25) is 0 Å². The van der Waals surface area contributed by atoms with Gasteiger partial charge in [-0.1, -0.05) is 12.1 Å². The van der Waals surface area contributed by atoms with Gasteiger partial charge in [0, 0.05) is 36.7 Å². The molecular weight excluding hydrogens is 320 g/mol. The van der Waals surface area contributed by atoms with E-state index < -0.39 is 0 Å². The monoisotopic (exact) mass is 342 g/mol. The second-order valence-electron chi connectivity index (χ2n) is 5.93. The predicted octanol–water partition coefficient (Wildman–Crippen LogP) is 3.15. The molecule has 26 heavy (non-hydrogen) atoms. The quantitative estimate of drug-likeness (QED) is 0.524. The highest BCUT2D eigenvalue weighted by Gasteiger charge is 2.01. The Hall–Kier alpha value is -3.40. The summed E-state index contributed by atoms with van der Waals surface area (Å²) in [5.41, 5.74) is 4.34. The van der Waals surface area contributed by atoms with E-state index in [0.29, 0.717) is 0 Å². The molecule has 0 saturated carbocycles. The summed E-state index contributed by atoms with van der Waals surface area (Å²) < 4.78 is 4.07. The van der Waals surface area contributed by atoms with Crippen LogP contribution in [0.5, 0.6) is 0 Å². The molecule has 0 atom stereocenters. The molecule has 0 saturated heterocycles. The second-order valence-corrected chi connectivity index (χ2v) is 5.93. The van der Waals surface area contributed by atoms with Crippen molar-refractivity contribution in [2.75, 3.05) is 0 Å². The summed E-state index contributed by atoms with van der Waals surface area (Å²) in [4.78, 5) is 8.37. The first-order chi connectivity index (χ1) is 12.7. The average molecular weight is 342 g/mol. The Kier molecular flexibility index (Phi) is 5.78. The lowest BCUT2D eigenvalue weighted by Crippen LogP contribution is -2.26. The van der Waals surface area contributed by atoms with Crippen LogP contribution >= 0.6 is 0 Å². The third-order valence-corrected chi connectivity index (χ3v) is 3.88. The minimum atomic E-state index is 0.915. The van der Waals surface area contributed by atoms with E-state index in [4.69, 9.17) is 0 Å². The molecule has 0 spiro atoms. The molecule has 0 bridgehead atoms. The molecule has 0 fully saturated rings. The zero-order valence-electron chi connectivity index (χ0n) is 15.0. The van der Waals surface area contributed by atoms with Crippen LogP contribution in [0.4, 0.5) is 0 Å². The highest BCUT2D eigenvalue weighted by atomic mass is 14.9. The van der Waals surface area contributed by atoms with E-state index in [2.05, 4.69) is 59.0 Å². The van der Waals surface area contributed by atoms with Gasteiger partial charge in [-0.25, -0.2) is 9.13 Å². The molecule has 4 aromatic heterocycles. The molecule has 4 nitrogen and oxygen atoms in total. The highest BCUT2D eigenvalue weighted by Crippen LogP contribution is 2.15. The number of aromatic nitrogens is 4. The fraction of sp³-hybridized carbons (Fsp3) is 0.0909. The number of nitrogens with zero attached hydrogens (tertiary/aromatic N) is 4. The maximum absolute atomic E-state index is 4.19. The summed E-state index contributed by atoms with van der Waals surface area (Å²) in [7, 11) is 4.05. The summed E-state index contributed by atoms with van der Waals surface area (Å²) in [6, 6.07) is 20.1. The van der Waals surface area contributed by atoms with Gasteiger partial charge < -0.3 is 0 Å². The molecule has 0 unspecified atom stereocenters. The van der Waals surface area contributed by atoms with Gasteiger partial charge in [0.15, 0.2) is 24.8 Å². The van der Waals surface area contributed by atoms with Crippen molar-refractivity contribution in [2.45, 2.75) is 0 Å². The molecule has 0 amide bonds. The van der Waals surface area contributed by atoms with Gasteiger partial charge in [-0.05, 0) is 35.4 Å². The third kappa shape index (κ3) is 4.80. The number of pyridine rings is 4. The lowest BCUT2D eigenvalue weighted by Gasteiger charge is -1.97. The smallest absolute Gasteiger partial charge is 0.169 e. The molecule has 4 heteroatoms. The minimum absolute atomic E-state index is 0.915. The van der Waals surface area contributed by atoms with E-state index in [0.717, 1.165) is 11.4 Å². The lowest BCUT2D eigenvalue weighted by atomic mass is 10.1. The van der Waals surface area contributed by atoms with E-state index in [9.17, 15) is 0 Å². The maximum atomic E-state index is 4.19. The Morgan fingerprint density at radius 2 is 0.923 bits per heavy atom. The first kappa shape index (κ1) is 17.4. The highest BCUT2D eigenvalue weighted by molar-refractivity contribution is 5.60. The van der Waals surface area contributed by atoms with Crippen molar-refractivity contribution in [3.05, 3.63) is 97.8 Å². The molecular formula is C22H22N4+2. The van der Waals surface area contributed by atoms with E-state index in [1.807, 2.05) is 59.6 Å². The van der Waals surface area contributed by atoms with E-state index >= 15 is 0 Å². The summed E-state index contributed by atoms with van der Waals surface area (Å²) in [6.07, 6.45) is 11.8. The summed E-state index contributed by atoms with van der Waals surface area (Å²) >= 11 is 0. The van der Waals surface area contributed by atoms with Crippen LogP contribution < -0.4 is 9.13 Å². The molecule has 0 aliphatic rings. The zero-order valence-corrected chi connectivity index (χ0v) is 15.0. The molecule has 0 aliphatic heterocycles. The number of hydrogen-bond donors (Lipinski definition) is 0. The van der Waals surface area contributed by atoms with Crippen LogP contribution in [-0.2, 0) is 14.1 Å². The van der Waals surface area contributed by atoms with Crippen LogP contribution in [0.25, 0.3) is 22.5 Å². The molecule has 0 aromatic carbocycles. The molecule has 0 N–H and O–H groups in total. The maximum Gasteiger partial charge on any atom is 0.169 e. The van der Waals surface area contributed by atoms with E-state index in [-0.39, 0.29) is 0 Å². The largest absolute Gasteiger partial charge is 0.255 e. The third-order valence-electron chi connectivity index (χ3n) is 3.88. The van der Waals surface area contributed by atoms with Crippen molar-refractivity contribution in [2.24, 2.45) is 14.1 Å². The number of aryl methyl sites for hydroxylation is 2. The predicted molar refractivity (Wildman–Crippen MR) is 102 cm³/mol. The summed E-state index contributed by atoms with van der Waals surface area (Å²) in [5, 5.41) is 0. The van der Waals surface area contributed by atoms with Gasteiger partial charge in [0.05, 0.1) is 11.4 Å². The summed E-state index contributed by atoms with van der Waals surface area (Å²) in [6.45, 7) is 0. The SMILES string of the molecule is C[n+]1ccc(-c2cc[n+](C)cc2)cc1.c1ccc(-c2ccccn2)nc1. The molecule has 0 radical (unpaired) electrons. The van der Waals surface area contributed by atoms with Crippen LogP contribution in [0.1, 0.15) is 0 Å². The molecule has 4 heterocycles. The number of hydrogen-bond acceptors (Lipinski definition) is 2. The van der Waals surface area contributed by atoms with Gasteiger partial charge >= 0.3 is 0 Å². The van der Waals surface area contributed by atoms with Crippen LogP contribution in [-0.4, -0.2) is 9.97 Å². The Labute approximate surface area is 154 Å². The zero-order chi connectivity index (χ0) is 18.2. The summed E-state index contributed by atoms with van der Waals surface area (Å²) in [5.74, 6) is 0. The standard InChI is InChI=1S/C12H14N2.C10H8N2/c1-13-7-3-11(4-8-13)12-5-9-14(2)10-6-12;1-3-7-11-9(5-1)10-6-2-4-8-12-10/h3-10H,1-2H3;1-8H/q+2;. The van der Waals surface area contributed by atoms with Gasteiger partial charge in [0.25, 0.3) is 0 Å². The molecule has 4 rings (SSSR count). The van der Waals surface area contributed by atoms with Gasteiger partial charge in [0.1, 0.15) is 14.1 Å². The minimum Gasteiger partial charge on any atom is -0.255 e. The van der Waals surface area contributed by atoms with Crippen LogP contribution in [0.3, 0.4) is 0 Å². The van der Waals surface area contributed by atoms with Crippen molar-refractivity contribution in [3.63, 3.8) is 0 Å². The van der Waals surface area contributed by atoms with Crippen molar-refractivity contribution >= 4 is 0 Å². The lowest BCUT2D eigenvalue weighted by molar-refractivity contribution is -0.671. The Bertz CT molecular complexity index is 838. The molecule has 4 aromatic rings. The van der Waals surface area contributed by atoms with E-state index in [1.54, 1.807) is 12.4 Å².